The fraction of sp³-hybridized carbons (Fsp3) is 0.308. The van der Waals surface area contributed by atoms with Crippen LogP contribution in [0.15, 0.2) is 61.1 Å². The second kappa shape index (κ2) is 10.7. The standard InChI is InChI=1S/C26H29N7O2/c1-33(2)12-14-34-19-8-10-28-22(15-19)20-6-3-5-18-16-30-26(32-24(18)20)31-21-7-4-9-29-25(21)23-17-27-11-13-35-23/h3-10,15-16,23,27H,11-14,17H2,1-2H3,(H,30,31,32). The van der Waals surface area contributed by atoms with E-state index in [1.54, 1.807) is 12.4 Å². The molecule has 5 rings (SSSR count). The number of hydrogen-bond acceptors (Lipinski definition) is 9. The first-order valence-corrected chi connectivity index (χ1v) is 11.7. The Labute approximate surface area is 204 Å². The lowest BCUT2D eigenvalue weighted by molar-refractivity contribution is 0.0255. The number of ether oxygens (including phenoxy) is 2. The largest absolute Gasteiger partial charge is 0.492 e. The van der Waals surface area contributed by atoms with Gasteiger partial charge in [-0.05, 0) is 32.3 Å². The van der Waals surface area contributed by atoms with E-state index in [-0.39, 0.29) is 6.10 Å². The van der Waals surface area contributed by atoms with Gasteiger partial charge in [0.2, 0.25) is 5.95 Å². The van der Waals surface area contributed by atoms with Crippen molar-refractivity contribution in [3.63, 3.8) is 0 Å². The van der Waals surface area contributed by atoms with E-state index < -0.39 is 0 Å². The van der Waals surface area contributed by atoms with E-state index in [1.807, 2.05) is 62.8 Å². The average molecular weight is 472 g/mol. The van der Waals surface area contributed by atoms with Crippen LogP contribution in [0, 0.1) is 0 Å². The molecule has 0 amide bonds. The fourth-order valence-electron chi connectivity index (χ4n) is 3.96. The number of pyridine rings is 2. The first-order chi connectivity index (χ1) is 17.2. The molecule has 35 heavy (non-hydrogen) atoms. The number of hydrogen-bond donors (Lipinski definition) is 2. The maximum absolute atomic E-state index is 5.91. The lowest BCUT2D eigenvalue weighted by Crippen LogP contribution is -2.34. The molecule has 1 aromatic carbocycles. The summed E-state index contributed by atoms with van der Waals surface area (Å²) in [5.41, 5.74) is 4.18. The summed E-state index contributed by atoms with van der Waals surface area (Å²) in [5, 5.41) is 7.63. The second-order valence-corrected chi connectivity index (χ2v) is 8.59. The summed E-state index contributed by atoms with van der Waals surface area (Å²) < 4.78 is 11.8. The van der Waals surface area contributed by atoms with E-state index in [0.29, 0.717) is 25.7 Å². The first kappa shape index (κ1) is 23.1. The molecule has 1 aliphatic heterocycles. The van der Waals surface area contributed by atoms with Gasteiger partial charge in [-0.3, -0.25) is 9.97 Å². The molecule has 0 bridgehead atoms. The molecule has 180 valence electrons. The summed E-state index contributed by atoms with van der Waals surface area (Å²) in [6, 6.07) is 13.7. The number of aromatic nitrogens is 4. The summed E-state index contributed by atoms with van der Waals surface area (Å²) in [6.07, 6.45) is 5.24. The van der Waals surface area contributed by atoms with Crippen LogP contribution in [0.4, 0.5) is 11.6 Å². The Kier molecular flexibility index (Phi) is 7.08. The first-order valence-electron chi connectivity index (χ1n) is 11.7. The predicted molar refractivity (Wildman–Crippen MR) is 136 cm³/mol. The van der Waals surface area contributed by atoms with Crippen LogP contribution in [-0.2, 0) is 4.74 Å². The maximum atomic E-state index is 5.91. The Hall–Kier alpha value is -3.66. The minimum Gasteiger partial charge on any atom is -0.492 e. The van der Waals surface area contributed by atoms with Crippen LogP contribution in [0.3, 0.4) is 0 Å². The molecular formula is C26H29N7O2. The molecule has 0 radical (unpaired) electrons. The summed E-state index contributed by atoms with van der Waals surface area (Å²) in [4.78, 5) is 20.6. The van der Waals surface area contributed by atoms with Gasteiger partial charge in [0.25, 0.3) is 0 Å². The molecule has 1 aliphatic rings. The zero-order chi connectivity index (χ0) is 24.0. The molecule has 9 nitrogen and oxygen atoms in total. The van der Waals surface area contributed by atoms with E-state index in [9.17, 15) is 0 Å². The Bertz CT molecular complexity index is 1290. The molecule has 0 spiro atoms. The molecular weight excluding hydrogens is 442 g/mol. The van der Waals surface area contributed by atoms with Gasteiger partial charge < -0.3 is 25.0 Å². The Morgan fingerprint density at radius 3 is 2.91 bits per heavy atom. The van der Waals surface area contributed by atoms with Crippen LogP contribution in [0.2, 0.25) is 0 Å². The van der Waals surface area contributed by atoms with Gasteiger partial charge in [0.1, 0.15) is 18.5 Å². The quantitative estimate of drug-likeness (QED) is 0.400. The van der Waals surface area contributed by atoms with Gasteiger partial charge in [0.15, 0.2) is 0 Å². The molecule has 0 aliphatic carbocycles. The number of benzene rings is 1. The molecule has 2 N–H and O–H groups in total. The molecule has 9 heteroatoms. The summed E-state index contributed by atoms with van der Waals surface area (Å²) >= 11 is 0. The SMILES string of the molecule is CN(C)CCOc1ccnc(-c2cccc3cnc(Nc4cccnc4C4CNCCO4)nc23)c1. The van der Waals surface area contributed by atoms with Crippen molar-refractivity contribution in [2.45, 2.75) is 6.10 Å². The number of rotatable bonds is 8. The van der Waals surface area contributed by atoms with Crippen molar-refractivity contribution < 1.29 is 9.47 Å². The highest BCUT2D eigenvalue weighted by Gasteiger charge is 2.21. The summed E-state index contributed by atoms with van der Waals surface area (Å²) in [6.45, 7) is 3.66. The van der Waals surface area contributed by atoms with Gasteiger partial charge in [-0.1, -0.05) is 18.2 Å². The molecule has 1 atom stereocenters. The number of anilines is 2. The normalized spacial score (nSPS) is 15.9. The van der Waals surface area contributed by atoms with Crippen molar-refractivity contribution in [3.05, 3.63) is 66.7 Å². The highest BCUT2D eigenvalue weighted by atomic mass is 16.5. The summed E-state index contributed by atoms with van der Waals surface area (Å²) in [5.74, 6) is 1.27. The monoisotopic (exact) mass is 471 g/mol. The number of fused-ring (bicyclic) bond motifs is 1. The Morgan fingerprint density at radius 2 is 2.06 bits per heavy atom. The van der Waals surface area contributed by atoms with Crippen LogP contribution in [0.25, 0.3) is 22.2 Å². The number of nitrogens with one attached hydrogen (secondary N) is 2. The van der Waals surface area contributed by atoms with Gasteiger partial charge >= 0.3 is 0 Å². The minimum absolute atomic E-state index is 0.122. The zero-order valence-corrected chi connectivity index (χ0v) is 19.9. The lowest BCUT2D eigenvalue weighted by atomic mass is 10.1. The summed E-state index contributed by atoms with van der Waals surface area (Å²) in [7, 11) is 4.05. The number of para-hydroxylation sites is 1. The van der Waals surface area contributed by atoms with Crippen molar-refractivity contribution in [2.75, 3.05) is 52.3 Å². The Balaban J connectivity index is 1.44. The van der Waals surface area contributed by atoms with Crippen molar-refractivity contribution in [1.29, 1.82) is 0 Å². The van der Waals surface area contributed by atoms with Crippen LogP contribution < -0.4 is 15.4 Å². The average Bonchev–Trinajstić information content (AvgIpc) is 2.89. The van der Waals surface area contributed by atoms with Gasteiger partial charge in [-0.15, -0.1) is 0 Å². The highest BCUT2D eigenvalue weighted by molar-refractivity contribution is 5.93. The Morgan fingerprint density at radius 1 is 1.11 bits per heavy atom. The third kappa shape index (κ3) is 5.54. The lowest BCUT2D eigenvalue weighted by Gasteiger charge is -2.24. The van der Waals surface area contributed by atoms with Crippen LogP contribution in [0.1, 0.15) is 11.8 Å². The van der Waals surface area contributed by atoms with E-state index in [1.165, 1.54) is 0 Å². The van der Waals surface area contributed by atoms with Gasteiger partial charge in [0.05, 0.1) is 29.2 Å². The minimum atomic E-state index is -0.122. The molecule has 3 aromatic heterocycles. The van der Waals surface area contributed by atoms with Crippen molar-refractivity contribution >= 4 is 22.5 Å². The number of nitrogens with zero attached hydrogens (tertiary/aromatic N) is 5. The molecule has 1 saturated heterocycles. The van der Waals surface area contributed by atoms with E-state index in [0.717, 1.165) is 52.4 Å². The van der Waals surface area contributed by atoms with Crippen molar-refractivity contribution in [1.82, 2.24) is 30.2 Å². The number of morpholine rings is 1. The zero-order valence-electron chi connectivity index (χ0n) is 19.9. The predicted octanol–water partition coefficient (Wildman–Crippen LogP) is 3.43. The van der Waals surface area contributed by atoms with Crippen LogP contribution in [-0.4, -0.2) is 71.8 Å². The van der Waals surface area contributed by atoms with Gasteiger partial charge in [-0.2, -0.15) is 0 Å². The maximum Gasteiger partial charge on any atom is 0.227 e. The molecule has 0 saturated carbocycles. The number of likely N-dealkylation sites (N-methyl/N-ethyl adjacent to an activating group) is 1. The molecule has 1 unspecified atom stereocenters. The molecule has 1 fully saturated rings. The van der Waals surface area contributed by atoms with Crippen molar-refractivity contribution in [2.24, 2.45) is 0 Å². The fourth-order valence-corrected chi connectivity index (χ4v) is 3.96. The van der Waals surface area contributed by atoms with E-state index >= 15 is 0 Å². The highest BCUT2D eigenvalue weighted by Crippen LogP contribution is 2.30. The molecule has 4 heterocycles. The van der Waals surface area contributed by atoms with Gasteiger partial charge in [-0.25, -0.2) is 9.97 Å². The smallest absolute Gasteiger partial charge is 0.227 e. The van der Waals surface area contributed by atoms with Crippen LogP contribution in [0.5, 0.6) is 5.75 Å². The third-order valence-corrected chi connectivity index (χ3v) is 5.74. The topological polar surface area (TPSA) is 97.3 Å². The molecule has 4 aromatic rings. The third-order valence-electron chi connectivity index (χ3n) is 5.74. The van der Waals surface area contributed by atoms with Crippen molar-refractivity contribution in [3.8, 4) is 17.0 Å². The second-order valence-electron chi connectivity index (χ2n) is 8.59. The van der Waals surface area contributed by atoms with E-state index in [2.05, 4.69) is 30.5 Å². The van der Waals surface area contributed by atoms with Gasteiger partial charge in [0, 0.05) is 55.2 Å². The van der Waals surface area contributed by atoms with E-state index in [4.69, 9.17) is 14.5 Å². The van der Waals surface area contributed by atoms with Crippen LogP contribution >= 0.6 is 0 Å².